The van der Waals surface area contributed by atoms with Gasteiger partial charge in [0.15, 0.2) is 5.82 Å². The van der Waals surface area contributed by atoms with Crippen LogP contribution in [0.3, 0.4) is 0 Å². The van der Waals surface area contributed by atoms with E-state index in [4.69, 9.17) is 11.5 Å². The molecule has 92 valence electrons. The maximum absolute atomic E-state index is 13.5. The second-order valence-corrected chi connectivity index (χ2v) is 3.45. The molecule has 0 aromatic heterocycles. The molecule has 0 aliphatic rings. The first-order valence-corrected chi connectivity index (χ1v) is 4.61. The molecule has 0 fully saturated rings. The van der Waals surface area contributed by atoms with E-state index in [1.54, 1.807) is 0 Å². The van der Waals surface area contributed by atoms with Crippen molar-refractivity contribution >= 4 is 17.5 Å². The molecule has 4 N–H and O–H groups in total. The van der Waals surface area contributed by atoms with Crippen molar-refractivity contribution in [1.82, 2.24) is 4.90 Å². The van der Waals surface area contributed by atoms with Gasteiger partial charge in [-0.15, -0.1) is 0 Å². The van der Waals surface area contributed by atoms with Crippen LogP contribution >= 0.6 is 0 Å². The Morgan fingerprint density at radius 2 is 1.94 bits per heavy atom. The number of rotatable bonds is 3. The normalized spacial score (nSPS) is 10.1. The molecule has 0 aliphatic carbocycles. The van der Waals surface area contributed by atoms with Crippen LogP contribution < -0.4 is 11.5 Å². The van der Waals surface area contributed by atoms with E-state index in [0.29, 0.717) is 0 Å². The van der Waals surface area contributed by atoms with Gasteiger partial charge in [-0.25, -0.2) is 8.78 Å². The largest absolute Gasteiger partial charge is 0.396 e. The van der Waals surface area contributed by atoms with Crippen molar-refractivity contribution in [3.8, 4) is 0 Å². The summed E-state index contributed by atoms with van der Waals surface area (Å²) in [6.45, 7) is -0.438. The van der Waals surface area contributed by atoms with E-state index in [0.717, 1.165) is 17.0 Å². The molecule has 2 amide bonds. The highest BCUT2D eigenvalue weighted by atomic mass is 19.1. The summed E-state index contributed by atoms with van der Waals surface area (Å²) in [4.78, 5) is 23.1. The van der Waals surface area contributed by atoms with Crippen molar-refractivity contribution in [2.75, 3.05) is 19.3 Å². The predicted octanol–water partition coefficient (Wildman–Crippen LogP) is 0.104. The number of amides is 2. The lowest BCUT2D eigenvalue weighted by atomic mass is 10.1. The highest BCUT2D eigenvalue weighted by molar-refractivity contribution is 5.97. The number of carbonyl (C=O) groups is 2. The van der Waals surface area contributed by atoms with Crippen LogP contribution in [0.5, 0.6) is 0 Å². The van der Waals surface area contributed by atoms with Gasteiger partial charge in [0, 0.05) is 7.05 Å². The quantitative estimate of drug-likeness (QED) is 0.738. The van der Waals surface area contributed by atoms with E-state index < -0.39 is 35.6 Å². The number of nitrogens with zero attached hydrogens (tertiary/aromatic N) is 1. The lowest BCUT2D eigenvalue weighted by molar-refractivity contribution is -0.118. The number of anilines is 1. The lowest BCUT2D eigenvalue weighted by Crippen LogP contribution is -2.36. The molecule has 0 bridgehead atoms. The van der Waals surface area contributed by atoms with Gasteiger partial charge in [-0.1, -0.05) is 0 Å². The van der Waals surface area contributed by atoms with Gasteiger partial charge in [-0.05, 0) is 12.1 Å². The molecule has 0 radical (unpaired) electrons. The minimum Gasteiger partial charge on any atom is -0.396 e. The Hall–Kier alpha value is -2.18. The van der Waals surface area contributed by atoms with Gasteiger partial charge in [0.2, 0.25) is 5.91 Å². The summed E-state index contributed by atoms with van der Waals surface area (Å²) in [5.74, 6) is -3.97. The molecule has 17 heavy (non-hydrogen) atoms. The molecular formula is C10H11F2N3O2. The molecule has 0 atom stereocenters. The number of halogens is 2. The summed E-state index contributed by atoms with van der Waals surface area (Å²) < 4.78 is 26.8. The Labute approximate surface area is 96.0 Å². The smallest absolute Gasteiger partial charge is 0.260 e. The second-order valence-electron chi connectivity index (χ2n) is 3.45. The van der Waals surface area contributed by atoms with Gasteiger partial charge in [-0.3, -0.25) is 9.59 Å². The molecule has 7 heteroatoms. The molecule has 1 aromatic rings. The van der Waals surface area contributed by atoms with Gasteiger partial charge >= 0.3 is 0 Å². The maximum atomic E-state index is 13.5. The standard InChI is InChI=1S/C10H11F2N3O2/c1-15(4-7(14)16)10(17)8-5(11)2-3-6(13)9(8)12/h2-3H,4,13H2,1H3,(H2,14,16). The van der Waals surface area contributed by atoms with E-state index in [1.807, 2.05) is 0 Å². The topological polar surface area (TPSA) is 89.4 Å². The van der Waals surface area contributed by atoms with E-state index >= 15 is 0 Å². The highest BCUT2D eigenvalue weighted by Crippen LogP contribution is 2.19. The van der Waals surface area contributed by atoms with Crippen LogP contribution in [0.25, 0.3) is 0 Å². The van der Waals surface area contributed by atoms with Crippen LogP contribution in [0.15, 0.2) is 12.1 Å². The summed E-state index contributed by atoms with van der Waals surface area (Å²) >= 11 is 0. The first-order valence-electron chi connectivity index (χ1n) is 4.61. The fourth-order valence-electron chi connectivity index (χ4n) is 1.26. The number of nitrogens with two attached hydrogens (primary N) is 2. The summed E-state index contributed by atoms with van der Waals surface area (Å²) in [7, 11) is 1.20. The van der Waals surface area contributed by atoms with E-state index in [2.05, 4.69) is 0 Å². The van der Waals surface area contributed by atoms with Crippen LogP contribution in [0, 0.1) is 11.6 Å². The second kappa shape index (κ2) is 4.77. The van der Waals surface area contributed by atoms with Gasteiger partial charge < -0.3 is 16.4 Å². The Kier molecular flexibility index (Phi) is 3.62. The number of primary amides is 1. The van der Waals surface area contributed by atoms with E-state index in [1.165, 1.54) is 7.05 Å². The number of likely N-dealkylation sites (N-methyl/N-ethyl adjacent to an activating group) is 1. The molecular weight excluding hydrogens is 232 g/mol. The number of benzene rings is 1. The molecule has 0 saturated heterocycles. The Balaban J connectivity index is 3.12. The minimum atomic E-state index is -1.15. The lowest BCUT2D eigenvalue weighted by Gasteiger charge is -2.16. The molecule has 1 aromatic carbocycles. The van der Waals surface area contributed by atoms with Crippen LogP contribution in [-0.4, -0.2) is 30.3 Å². The van der Waals surface area contributed by atoms with E-state index in [9.17, 15) is 18.4 Å². The third-order valence-corrected chi connectivity index (χ3v) is 2.07. The average molecular weight is 243 g/mol. The van der Waals surface area contributed by atoms with Crippen molar-refractivity contribution in [2.24, 2.45) is 5.73 Å². The summed E-state index contributed by atoms with van der Waals surface area (Å²) in [5.41, 5.74) is 8.95. The molecule has 1 rings (SSSR count). The van der Waals surface area contributed by atoms with Crippen molar-refractivity contribution < 1.29 is 18.4 Å². The number of hydrogen-bond donors (Lipinski definition) is 2. The Morgan fingerprint density at radius 3 is 2.47 bits per heavy atom. The van der Waals surface area contributed by atoms with Crippen molar-refractivity contribution in [3.63, 3.8) is 0 Å². The number of hydrogen-bond acceptors (Lipinski definition) is 3. The molecule has 0 aliphatic heterocycles. The van der Waals surface area contributed by atoms with Gasteiger partial charge in [0.05, 0.1) is 12.2 Å². The zero-order valence-corrected chi connectivity index (χ0v) is 9.04. The predicted molar refractivity (Wildman–Crippen MR) is 56.9 cm³/mol. The molecule has 0 unspecified atom stereocenters. The first kappa shape index (κ1) is 12.9. The fourth-order valence-corrected chi connectivity index (χ4v) is 1.26. The molecule has 0 heterocycles. The average Bonchev–Trinajstić information content (AvgIpc) is 2.23. The summed E-state index contributed by atoms with van der Waals surface area (Å²) in [5, 5.41) is 0. The molecule has 0 spiro atoms. The van der Waals surface area contributed by atoms with E-state index in [-0.39, 0.29) is 5.69 Å². The van der Waals surface area contributed by atoms with Crippen LogP contribution in [0.1, 0.15) is 10.4 Å². The van der Waals surface area contributed by atoms with Crippen molar-refractivity contribution in [3.05, 3.63) is 29.3 Å². The number of nitrogen functional groups attached to an aromatic ring is 1. The molecule has 0 saturated carbocycles. The monoisotopic (exact) mass is 243 g/mol. The van der Waals surface area contributed by atoms with Gasteiger partial charge in [0.25, 0.3) is 5.91 Å². The Morgan fingerprint density at radius 1 is 1.35 bits per heavy atom. The Bertz CT molecular complexity index is 477. The summed E-state index contributed by atoms with van der Waals surface area (Å²) in [6.07, 6.45) is 0. The SMILES string of the molecule is CN(CC(N)=O)C(=O)c1c(F)ccc(N)c1F. The maximum Gasteiger partial charge on any atom is 0.260 e. The third-order valence-electron chi connectivity index (χ3n) is 2.07. The zero-order valence-electron chi connectivity index (χ0n) is 9.04. The minimum absolute atomic E-state index is 0.345. The van der Waals surface area contributed by atoms with Crippen LogP contribution in [-0.2, 0) is 4.79 Å². The zero-order chi connectivity index (χ0) is 13.2. The molecule has 5 nitrogen and oxygen atoms in total. The first-order chi connectivity index (χ1) is 7.84. The highest BCUT2D eigenvalue weighted by Gasteiger charge is 2.23. The van der Waals surface area contributed by atoms with Gasteiger partial charge in [-0.2, -0.15) is 0 Å². The number of carbonyl (C=O) groups excluding carboxylic acids is 2. The van der Waals surface area contributed by atoms with Crippen molar-refractivity contribution in [2.45, 2.75) is 0 Å². The summed E-state index contributed by atoms with van der Waals surface area (Å²) in [6, 6.07) is 1.89. The van der Waals surface area contributed by atoms with Gasteiger partial charge in [0.1, 0.15) is 11.4 Å². The van der Waals surface area contributed by atoms with Crippen LogP contribution in [0.4, 0.5) is 14.5 Å². The van der Waals surface area contributed by atoms with Crippen molar-refractivity contribution in [1.29, 1.82) is 0 Å². The van der Waals surface area contributed by atoms with Crippen LogP contribution in [0.2, 0.25) is 0 Å². The third kappa shape index (κ3) is 2.68. The fraction of sp³-hybridized carbons (Fsp3) is 0.200.